The Hall–Kier alpha value is -2.07. The molecule has 3 aromatic rings. The summed E-state index contributed by atoms with van der Waals surface area (Å²) < 4.78 is 0. The van der Waals surface area contributed by atoms with Gasteiger partial charge < -0.3 is 11.1 Å². The van der Waals surface area contributed by atoms with E-state index in [4.69, 9.17) is 5.73 Å². The molecule has 0 aliphatic rings. The normalized spacial score (nSPS) is 10.9. The summed E-state index contributed by atoms with van der Waals surface area (Å²) in [6.45, 7) is 4.95. The van der Waals surface area contributed by atoms with Gasteiger partial charge in [-0.3, -0.25) is 4.98 Å². The average Bonchev–Trinajstić information content (AvgIpc) is 2.84. The molecule has 20 heavy (non-hydrogen) atoms. The van der Waals surface area contributed by atoms with Gasteiger partial charge in [-0.2, -0.15) is 0 Å². The molecule has 2 aromatic heterocycles. The predicted octanol–water partition coefficient (Wildman–Crippen LogP) is 4.11. The van der Waals surface area contributed by atoms with Gasteiger partial charge in [0.15, 0.2) is 0 Å². The molecule has 0 aliphatic heterocycles. The quantitative estimate of drug-likeness (QED) is 0.711. The molecule has 1 aromatic carbocycles. The number of benzene rings is 1. The van der Waals surface area contributed by atoms with Crippen LogP contribution in [0, 0.1) is 13.8 Å². The van der Waals surface area contributed by atoms with Crippen molar-refractivity contribution in [2.24, 2.45) is 0 Å². The third kappa shape index (κ3) is 2.47. The van der Waals surface area contributed by atoms with Gasteiger partial charge >= 0.3 is 0 Å². The van der Waals surface area contributed by atoms with Crippen LogP contribution < -0.4 is 11.1 Å². The topological polar surface area (TPSA) is 50.9 Å². The van der Waals surface area contributed by atoms with Crippen molar-refractivity contribution in [2.75, 3.05) is 11.1 Å². The van der Waals surface area contributed by atoms with Crippen molar-refractivity contribution in [1.82, 2.24) is 4.98 Å². The van der Waals surface area contributed by atoms with E-state index < -0.39 is 0 Å². The molecule has 2 heterocycles. The van der Waals surface area contributed by atoms with Crippen LogP contribution in [0.1, 0.15) is 15.4 Å². The van der Waals surface area contributed by atoms with Crippen molar-refractivity contribution in [3.05, 3.63) is 52.0 Å². The number of aryl methyl sites for hydroxylation is 2. The summed E-state index contributed by atoms with van der Waals surface area (Å²) in [6, 6.07) is 10.4. The molecule has 0 fully saturated rings. The minimum Gasteiger partial charge on any atom is -0.398 e. The highest BCUT2D eigenvalue weighted by Crippen LogP contribution is 2.29. The summed E-state index contributed by atoms with van der Waals surface area (Å²) in [5.41, 5.74) is 8.89. The number of nitrogen functional groups attached to an aromatic ring is 1. The van der Waals surface area contributed by atoms with E-state index in [0.717, 1.165) is 34.4 Å². The van der Waals surface area contributed by atoms with Crippen molar-refractivity contribution in [1.29, 1.82) is 0 Å². The van der Waals surface area contributed by atoms with Gasteiger partial charge in [0.25, 0.3) is 0 Å². The number of hydrogen-bond donors (Lipinski definition) is 2. The second-order valence-electron chi connectivity index (χ2n) is 4.94. The number of anilines is 2. The van der Waals surface area contributed by atoms with Crippen molar-refractivity contribution in [3.8, 4) is 0 Å². The van der Waals surface area contributed by atoms with E-state index in [0.29, 0.717) is 0 Å². The molecule has 4 heteroatoms. The fraction of sp³-hybridized carbons (Fsp3) is 0.188. The molecule has 0 spiro atoms. The van der Waals surface area contributed by atoms with Crippen LogP contribution in [-0.2, 0) is 6.54 Å². The van der Waals surface area contributed by atoms with E-state index in [-0.39, 0.29) is 0 Å². The molecular weight excluding hydrogens is 266 g/mol. The SMILES string of the molecule is Cc1cc2c(NCc3ccc(C)s3)ccc(N)c2cn1. The Kier molecular flexibility index (Phi) is 3.32. The van der Waals surface area contributed by atoms with Gasteiger partial charge in [0.2, 0.25) is 0 Å². The number of thiophene rings is 1. The maximum atomic E-state index is 6.02. The molecule has 102 valence electrons. The van der Waals surface area contributed by atoms with Crippen LogP contribution >= 0.6 is 11.3 Å². The van der Waals surface area contributed by atoms with E-state index in [9.17, 15) is 0 Å². The van der Waals surface area contributed by atoms with Gasteiger partial charge in [0.1, 0.15) is 0 Å². The first kappa shape index (κ1) is 12.9. The summed E-state index contributed by atoms with van der Waals surface area (Å²) in [5.74, 6) is 0. The molecule has 0 unspecified atom stereocenters. The first-order valence-corrected chi connectivity index (χ1v) is 7.39. The zero-order valence-corrected chi connectivity index (χ0v) is 12.4. The van der Waals surface area contributed by atoms with Crippen molar-refractivity contribution in [2.45, 2.75) is 20.4 Å². The largest absolute Gasteiger partial charge is 0.398 e. The van der Waals surface area contributed by atoms with Gasteiger partial charge in [-0.25, -0.2) is 0 Å². The van der Waals surface area contributed by atoms with Crippen LogP contribution in [0.25, 0.3) is 10.8 Å². The van der Waals surface area contributed by atoms with Crippen LogP contribution in [0.3, 0.4) is 0 Å². The zero-order valence-electron chi connectivity index (χ0n) is 11.6. The Morgan fingerprint density at radius 2 is 2.00 bits per heavy atom. The standard InChI is InChI=1S/C16H17N3S/c1-10-7-13-14(9-18-10)15(17)5-6-16(13)19-8-12-4-3-11(2)20-12/h3-7,9,19H,8,17H2,1-2H3. The highest BCUT2D eigenvalue weighted by atomic mass is 32.1. The summed E-state index contributed by atoms with van der Waals surface area (Å²) in [7, 11) is 0. The fourth-order valence-corrected chi connectivity index (χ4v) is 3.11. The number of aromatic nitrogens is 1. The number of hydrogen-bond acceptors (Lipinski definition) is 4. The minimum absolute atomic E-state index is 0.769. The van der Waals surface area contributed by atoms with Crippen LogP contribution in [-0.4, -0.2) is 4.98 Å². The fourth-order valence-electron chi connectivity index (χ4n) is 2.28. The molecule has 3 rings (SSSR count). The van der Waals surface area contributed by atoms with Gasteiger partial charge in [0, 0.05) is 50.3 Å². The van der Waals surface area contributed by atoms with Crippen LogP contribution in [0.2, 0.25) is 0 Å². The number of fused-ring (bicyclic) bond motifs is 1. The smallest absolute Gasteiger partial charge is 0.0494 e. The van der Waals surface area contributed by atoms with E-state index in [2.05, 4.69) is 35.4 Å². The third-order valence-electron chi connectivity index (χ3n) is 3.32. The Morgan fingerprint density at radius 1 is 1.15 bits per heavy atom. The summed E-state index contributed by atoms with van der Waals surface area (Å²) >= 11 is 1.82. The Bertz CT molecular complexity index is 762. The zero-order chi connectivity index (χ0) is 14.1. The van der Waals surface area contributed by atoms with E-state index in [1.165, 1.54) is 9.75 Å². The van der Waals surface area contributed by atoms with Crippen LogP contribution in [0.4, 0.5) is 11.4 Å². The number of pyridine rings is 1. The van der Waals surface area contributed by atoms with Crippen molar-refractivity contribution < 1.29 is 0 Å². The van der Waals surface area contributed by atoms with Crippen molar-refractivity contribution in [3.63, 3.8) is 0 Å². The Morgan fingerprint density at radius 3 is 2.75 bits per heavy atom. The molecule has 0 radical (unpaired) electrons. The first-order chi connectivity index (χ1) is 9.63. The molecule has 0 bridgehead atoms. The molecule has 0 atom stereocenters. The maximum Gasteiger partial charge on any atom is 0.0494 e. The number of nitrogens with one attached hydrogen (secondary N) is 1. The third-order valence-corrected chi connectivity index (χ3v) is 4.32. The second kappa shape index (κ2) is 5.13. The number of nitrogens with two attached hydrogens (primary N) is 1. The summed E-state index contributed by atoms with van der Waals surface area (Å²) in [5, 5.41) is 5.63. The first-order valence-electron chi connectivity index (χ1n) is 6.57. The predicted molar refractivity (Wildman–Crippen MR) is 87.3 cm³/mol. The van der Waals surface area contributed by atoms with Gasteiger partial charge in [0.05, 0.1) is 0 Å². The van der Waals surface area contributed by atoms with Gasteiger partial charge in [-0.15, -0.1) is 11.3 Å². The lowest BCUT2D eigenvalue weighted by molar-refractivity contribution is 1.19. The monoisotopic (exact) mass is 283 g/mol. The van der Waals surface area contributed by atoms with E-state index in [1.54, 1.807) is 0 Å². The lowest BCUT2D eigenvalue weighted by Gasteiger charge is -2.11. The van der Waals surface area contributed by atoms with Gasteiger partial charge in [-0.05, 0) is 44.2 Å². The minimum atomic E-state index is 0.769. The molecule has 3 N–H and O–H groups in total. The number of nitrogens with zero attached hydrogens (tertiary/aromatic N) is 1. The Balaban J connectivity index is 1.95. The number of rotatable bonds is 3. The summed E-state index contributed by atoms with van der Waals surface area (Å²) in [6.07, 6.45) is 1.85. The highest BCUT2D eigenvalue weighted by Gasteiger charge is 2.05. The average molecular weight is 283 g/mol. The highest BCUT2D eigenvalue weighted by molar-refractivity contribution is 7.11. The second-order valence-corrected chi connectivity index (χ2v) is 6.31. The van der Waals surface area contributed by atoms with Crippen LogP contribution in [0.15, 0.2) is 36.5 Å². The van der Waals surface area contributed by atoms with Crippen molar-refractivity contribution >= 4 is 33.5 Å². The van der Waals surface area contributed by atoms with Crippen LogP contribution in [0.5, 0.6) is 0 Å². The molecule has 0 saturated heterocycles. The molecule has 0 amide bonds. The van der Waals surface area contributed by atoms with E-state index in [1.807, 2.05) is 36.6 Å². The lowest BCUT2D eigenvalue weighted by atomic mass is 10.1. The van der Waals surface area contributed by atoms with Gasteiger partial charge in [-0.1, -0.05) is 0 Å². The summed E-state index contributed by atoms with van der Waals surface area (Å²) in [4.78, 5) is 6.99. The molecule has 0 aliphatic carbocycles. The maximum absolute atomic E-state index is 6.02. The molecule has 0 saturated carbocycles. The Labute approximate surface area is 122 Å². The molecule has 3 nitrogen and oxygen atoms in total. The lowest BCUT2D eigenvalue weighted by Crippen LogP contribution is -2.00. The molecular formula is C16H17N3S. The van der Waals surface area contributed by atoms with E-state index >= 15 is 0 Å².